The van der Waals surface area contributed by atoms with Crippen LogP contribution in [-0.4, -0.2) is 58.8 Å². The first-order chi connectivity index (χ1) is 17.1. The Bertz CT molecular complexity index is 1290. The molecular weight excluding hydrogens is 436 g/mol. The normalized spacial score (nSPS) is 14.2. The number of aryl methyl sites for hydroxylation is 1. The van der Waals surface area contributed by atoms with Gasteiger partial charge in [0.1, 0.15) is 11.5 Å². The van der Waals surface area contributed by atoms with Crippen molar-refractivity contribution in [3.63, 3.8) is 0 Å². The lowest BCUT2D eigenvalue weighted by atomic mass is 10.1. The van der Waals surface area contributed by atoms with Gasteiger partial charge in [-0.15, -0.1) is 0 Å². The van der Waals surface area contributed by atoms with Crippen LogP contribution in [0, 0.1) is 6.92 Å². The average Bonchev–Trinajstić information content (AvgIpc) is 3.35. The number of hydrogen-bond acceptors (Lipinski definition) is 5. The van der Waals surface area contributed by atoms with Crippen molar-refractivity contribution in [2.24, 2.45) is 0 Å². The summed E-state index contributed by atoms with van der Waals surface area (Å²) in [5.74, 6) is 0.787. The zero-order valence-electron chi connectivity index (χ0n) is 20.2. The summed E-state index contributed by atoms with van der Waals surface area (Å²) < 4.78 is 1.77. The average molecular weight is 467 g/mol. The van der Waals surface area contributed by atoms with Crippen LogP contribution in [0.2, 0.25) is 0 Å². The lowest BCUT2D eigenvalue weighted by Gasteiger charge is -2.34. The van der Waals surface area contributed by atoms with Gasteiger partial charge in [-0.2, -0.15) is 5.10 Å². The Kier molecular flexibility index (Phi) is 6.59. The number of anilines is 1. The standard InChI is InChI=1S/C28H30N6O/c1-21-10-12-24(13-11-21)34-20-25(26(31-34)22-7-4-3-5-8-22)28(35)30-19-23-9-6-14-29-27(23)33-17-15-32(2)16-18-33/h3-14,20H,15-19H2,1-2H3,(H,30,35). The Balaban J connectivity index is 1.40. The third-order valence-electron chi connectivity index (χ3n) is 6.41. The maximum atomic E-state index is 13.4. The van der Waals surface area contributed by atoms with Crippen LogP contribution in [0.25, 0.3) is 16.9 Å². The van der Waals surface area contributed by atoms with Crippen molar-refractivity contribution < 1.29 is 4.79 Å². The predicted molar refractivity (Wildman–Crippen MR) is 139 cm³/mol. The molecule has 178 valence electrons. The van der Waals surface area contributed by atoms with Crippen LogP contribution >= 0.6 is 0 Å². The molecule has 2 aromatic carbocycles. The molecule has 1 N–H and O–H groups in total. The van der Waals surface area contributed by atoms with E-state index in [-0.39, 0.29) is 5.91 Å². The molecule has 1 aliphatic heterocycles. The van der Waals surface area contributed by atoms with Crippen molar-refractivity contribution in [2.75, 3.05) is 38.1 Å². The Morgan fingerprint density at radius 3 is 2.43 bits per heavy atom. The molecule has 2 aromatic heterocycles. The zero-order valence-corrected chi connectivity index (χ0v) is 20.2. The molecule has 0 aliphatic carbocycles. The summed E-state index contributed by atoms with van der Waals surface area (Å²) in [4.78, 5) is 22.7. The van der Waals surface area contributed by atoms with E-state index < -0.39 is 0 Å². The summed E-state index contributed by atoms with van der Waals surface area (Å²) >= 11 is 0. The monoisotopic (exact) mass is 466 g/mol. The van der Waals surface area contributed by atoms with Crippen LogP contribution in [0.4, 0.5) is 5.82 Å². The lowest BCUT2D eigenvalue weighted by molar-refractivity contribution is 0.0951. The lowest BCUT2D eigenvalue weighted by Crippen LogP contribution is -2.45. The largest absolute Gasteiger partial charge is 0.354 e. The number of carbonyl (C=O) groups excluding carboxylic acids is 1. The maximum Gasteiger partial charge on any atom is 0.255 e. The number of pyridine rings is 1. The van der Waals surface area contributed by atoms with Gasteiger partial charge in [-0.25, -0.2) is 9.67 Å². The van der Waals surface area contributed by atoms with Gasteiger partial charge >= 0.3 is 0 Å². The molecule has 4 aromatic rings. The van der Waals surface area contributed by atoms with Gasteiger partial charge in [-0.05, 0) is 32.2 Å². The van der Waals surface area contributed by atoms with Gasteiger partial charge in [0, 0.05) is 56.2 Å². The van der Waals surface area contributed by atoms with Gasteiger partial charge in [0.2, 0.25) is 0 Å². The van der Waals surface area contributed by atoms with Gasteiger partial charge in [0.05, 0.1) is 11.3 Å². The number of likely N-dealkylation sites (N-methyl/N-ethyl adjacent to an activating group) is 1. The molecule has 0 radical (unpaired) electrons. The number of aromatic nitrogens is 3. The Morgan fingerprint density at radius 2 is 1.69 bits per heavy atom. The minimum atomic E-state index is -0.157. The topological polar surface area (TPSA) is 66.3 Å². The summed E-state index contributed by atoms with van der Waals surface area (Å²) in [5.41, 5.74) is 5.21. The molecule has 5 rings (SSSR count). The fraction of sp³-hybridized carbons (Fsp3) is 0.250. The van der Waals surface area contributed by atoms with E-state index in [1.54, 1.807) is 4.68 Å². The van der Waals surface area contributed by atoms with Crippen LogP contribution in [0.3, 0.4) is 0 Å². The van der Waals surface area contributed by atoms with E-state index in [2.05, 4.69) is 34.1 Å². The smallest absolute Gasteiger partial charge is 0.255 e. The summed E-state index contributed by atoms with van der Waals surface area (Å²) in [6.45, 7) is 6.31. The second-order valence-electron chi connectivity index (χ2n) is 9.00. The SMILES string of the molecule is Cc1ccc(-n2cc(C(=O)NCc3cccnc3N3CCN(C)CC3)c(-c3ccccc3)n2)cc1. The highest BCUT2D eigenvalue weighted by atomic mass is 16.1. The van der Waals surface area contributed by atoms with Gasteiger partial charge < -0.3 is 15.1 Å². The minimum absolute atomic E-state index is 0.157. The van der Waals surface area contributed by atoms with Gasteiger partial charge in [0.25, 0.3) is 5.91 Å². The Hall–Kier alpha value is -3.97. The molecule has 7 nitrogen and oxygen atoms in total. The van der Waals surface area contributed by atoms with Crippen molar-refractivity contribution in [1.29, 1.82) is 0 Å². The second-order valence-corrected chi connectivity index (χ2v) is 9.00. The van der Waals surface area contributed by atoms with E-state index >= 15 is 0 Å². The van der Waals surface area contributed by atoms with E-state index in [4.69, 9.17) is 5.10 Å². The van der Waals surface area contributed by atoms with Gasteiger partial charge in [-0.1, -0.05) is 54.1 Å². The highest BCUT2D eigenvalue weighted by Gasteiger charge is 2.21. The van der Waals surface area contributed by atoms with Crippen LogP contribution in [0.15, 0.2) is 79.1 Å². The van der Waals surface area contributed by atoms with Crippen molar-refractivity contribution in [3.8, 4) is 16.9 Å². The quantitative estimate of drug-likeness (QED) is 0.467. The van der Waals surface area contributed by atoms with E-state index in [1.807, 2.05) is 79.1 Å². The predicted octanol–water partition coefficient (Wildman–Crippen LogP) is 3.92. The summed E-state index contributed by atoms with van der Waals surface area (Å²) in [6, 6.07) is 21.9. The number of amides is 1. The third-order valence-corrected chi connectivity index (χ3v) is 6.41. The van der Waals surface area contributed by atoms with Crippen LogP contribution < -0.4 is 10.2 Å². The number of benzene rings is 2. The number of nitrogens with zero attached hydrogens (tertiary/aromatic N) is 5. The van der Waals surface area contributed by atoms with Crippen molar-refractivity contribution in [1.82, 2.24) is 25.0 Å². The molecule has 35 heavy (non-hydrogen) atoms. The van der Waals surface area contributed by atoms with E-state index in [0.717, 1.165) is 48.8 Å². The van der Waals surface area contributed by atoms with Crippen molar-refractivity contribution >= 4 is 11.7 Å². The number of hydrogen-bond donors (Lipinski definition) is 1. The molecule has 1 fully saturated rings. The van der Waals surface area contributed by atoms with Crippen LogP contribution in [-0.2, 0) is 6.54 Å². The molecule has 0 atom stereocenters. The number of piperazine rings is 1. The van der Waals surface area contributed by atoms with Crippen LogP contribution in [0.5, 0.6) is 0 Å². The number of rotatable bonds is 6. The maximum absolute atomic E-state index is 13.4. The molecule has 1 saturated heterocycles. The molecule has 0 bridgehead atoms. The van der Waals surface area contributed by atoms with E-state index in [0.29, 0.717) is 17.8 Å². The Labute approximate surface area is 206 Å². The van der Waals surface area contributed by atoms with Crippen molar-refractivity contribution in [3.05, 3.63) is 95.8 Å². The number of nitrogens with one attached hydrogen (secondary N) is 1. The van der Waals surface area contributed by atoms with Crippen LogP contribution in [0.1, 0.15) is 21.5 Å². The first kappa shape index (κ1) is 22.8. The minimum Gasteiger partial charge on any atom is -0.354 e. The molecule has 0 unspecified atom stereocenters. The summed E-state index contributed by atoms with van der Waals surface area (Å²) in [7, 11) is 2.14. The zero-order chi connectivity index (χ0) is 24.2. The molecule has 0 saturated carbocycles. The van der Waals surface area contributed by atoms with Gasteiger partial charge in [0.15, 0.2) is 0 Å². The third kappa shape index (κ3) is 5.10. The first-order valence-corrected chi connectivity index (χ1v) is 12.0. The molecule has 1 aliphatic rings. The summed E-state index contributed by atoms with van der Waals surface area (Å²) in [6.07, 6.45) is 3.63. The van der Waals surface area contributed by atoms with Gasteiger partial charge in [-0.3, -0.25) is 4.79 Å². The molecule has 3 heterocycles. The molecule has 7 heteroatoms. The van der Waals surface area contributed by atoms with E-state index in [9.17, 15) is 4.79 Å². The second kappa shape index (κ2) is 10.1. The van der Waals surface area contributed by atoms with E-state index in [1.165, 1.54) is 5.56 Å². The first-order valence-electron chi connectivity index (χ1n) is 12.0. The molecule has 0 spiro atoms. The molecular formula is C28H30N6O. The summed E-state index contributed by atoms with van der Waals surface area (Å²) in [5, 5.41) is 7.90. The highest BCUT2D eigenvalue weighted by molar-refractivity contribution is 6.00. The highest BCUT2D eigenvalue weighted by Crippen LogP contribution is 2.24. The fourth-order valence-corrected chi connectivity index (χ4v) is 4.32. The number of carbonyl (C=O) groups is 1. The fourth-order valence-electron chi connectivity index (χ4n) is 4.32. The van der Waals surface area contributed by atoms with Crippen molar-refractivity contribution in [2.45, 2.75) is 13.5 Å². The molecule has 1 amide bonds. The Morgan fingerprint density at radius 1 is 0.943 bits per heavy atom.